The van der Waals surface area contributed by atoms with Crippen molar-refractivity contribution in [2.75, 3.05) is 6.61 Å². The smallest absolute Gasteiger partial charge is 0.314 e. The molecule has 3 saturated carbocycles. The number of carbonyl (C=O) groups is 1. The standard InChI is InChI=1S/C30H41FO3/c1-3-5-6-21-7-8-26-19-25(14-13-24(26)18-21)22-9-11-23(12-10-22)30(32)34-29-16-15-27(20-28(29)31)33-17-4-2/h3-4,15-16,20-26H,1-2,5-14,17-19H2. The van der Waals surface area contributed by atoms with Crippen LogP contribution >= 0.6 is 0 Å². The van der Waals surface area contributed by atoms with Gasteiger partial charge in [-0.1, -0.05) is 25.2 Å². The monoisotopic (exact) mass is 468 g/mol. The molecule has 0 aromatic heterocycles. The molecule has 4 atom stereocenters. The average Bonchev–Trinajstić information content (AvgIpc) is 2.87. The Bertz CT molecular complexity index is 841. The average molecular weight is 469 g/mol. The van der Waals surface area contributed by atoms with Crippen LogP contribution in [0.5, 0.6) is 11.5 Å². The molecule has 3 aliphatic rings. The molecule has 0 bridgehead atoms. The number of ether oxygens (including phenoxy) is 2. The van der Waals surface area contributed by atoms with Crippen molar-refractivity contribution in [1.29, 1.82) is 0 Å². The fourth-order valence-corrected chi connectivity index (χ4v) is 6.89. The summed E-state index contributed by atoms with van der Waals surface area (Å²) in [6.07, 6.45) is 18.5. The molecule has 34 heavy (non-hydrogen) atoms. The third kappa shape index (κ3) is 6.31. The zero-order valence-electron chi connectivity index (χ0n) is 20.6. The zero-order valence-corrected chi connectivity index (χ0v) is 20.6. The van der Waals surface area contributed by atoms with Crippen LogP contribution < -0.4 is 9.47 Å². The van der Waals surface area contributed by atoms with E-state index >= 15 is 0 Å². The van der Waals surface area contributed by atoms with Gasteiger partial charge in [0.05, 0.1) is 5.92 Å². The molecule has 1 aromatic rings. The molecule has 4 rings (SSSR count). The molecule has 3 fully saturated rings. The molecular formula is C30H41FO3. The second-order valence-electron chi connectivity index (χ2n) is 10.9. The van der Waals surface area contributed by atoms with Crippen LogP contribution in [0, 0.1) is 41.3 Å². The Morgan fingerprint density at radius 1 is 0.912 bits per heavy atom. The van der Waals surface area contributed by atoms with E-state index in [0.717, 1.165) is 55.3 Å². The van der Waals surface area contributed by atoms with E-state index in [0.29, 0.717) is 12.4 Å². The van der Waals surface area contributed by atoms with Crippen molar-refractivity contribution in [1.82, 2.24) is 0 Å². The SMILES string of the molecule is C=CCCC1CCC2CC(C3CCC(C(=O)Oc4ccc(OCC=C)cc4F)CC3)CCC2C1. The summed E-state index contributed by atoms with van der Waals surface area (Å²) >= 11 is 0. The molecule has 0 N–H and O–H groups in total. The van der Waals surface area contributed by atoms with E-state index in [1.807, 2.05) is 0 Å². The van der Waals surface area contributed by atoms with E-state index < -0.39 is 5.82 Å². The summed E-state index contributed by atoms with van der Waals surface area (Å²) in [6, 6.07) is 4.35. The summed E-state index contributed by atoms with van der Waals surface area (Å²) < 4.78 is 25.1. The highest BCUT2D eigenvalue weighted by Crippen LogP contribution is 2.49. The predicted octanol–water partition coefficient (Wildman–Crippen LogP) is 7.90. The van der Waals surface area contributed by atoms with E-state index in [9.17, 15) is 9.18 Å². The Morgan fingerprint density at radius 2 is 1.59 bits per heavy atom. The van der Waals surface area contributed by atoms with Crippen LogP contribution in [-0.4, -0.2) is 12.6 Å². The summed E-state index contributed by atoms with van der Waals surface area (Å²) in [5.74, 6) is 3.74. The van der Waals surface area contributed by atoms with Gasteiger partial charge in [-0.05, 0) is 112 Å². The van der Waals surface area contributed by atoms with Gasteiger partial charge in [0.1, 0.15) is 12.4 Å². The number of carbonyl (C=O) groups excluding carboxylic acids is 1. The zero-order chi connectivity index (χ0) is 23.9. The number of benzene rings is 1. The quantitative estimate of drug-likeness (QED) is 0.210. The van der Waals surface area contributed by atoms with Crippen LogP contribution in [-0.2, 0) is 4.79 Å². The molecule has 0 saturated heterocycles. The first-order valence-corrected chi connectivity index (χ1v) is 13.4. The lowest BCUT2D eigenvalue weighted by Crippen LogP contribution is -2.35. The molecule has 4 heteroatoms. The first-order chi connectivity index (χ1) is 16.6. The first-order valence-electron chi connectivity index (χ1n) is 13.4. The van der Waals surface area contributed by atoms with Crippen LogP contribution in [0.4, 0.5) is 4.39 Å². The maximum atomic E-state index is 14.3. The van der Waals surface area contributed by atoms with Gasteiger partial charge in [-0.2, -0.15) is 0 Å². The lowest BCUT2D eigenvalue weighted by molar-refractivity contribution is -0.140. The fraction of sp³-hybridized carbons (Fsp3) is 0.633. The van der Waals surface area contributed by atoms with Gasteiger partial charge in [-0.25, -0.2) is 4.39 Å². The third-order valence-corrected chi connectivity index (χ3v) is 8.79. The molecule has 0 radical (unpaired) electrons. The highest BCUT2D eigenvalue weighted by atomic mass is 19.1. The normalized spacial score (nSPS) is 31.2. The summed E-state index contributed by atoms with van der Waals surface area (Å²) in [5, 5.41) is 0. The number of hydrogen-bond donors (Lipinski definition) is 0. The number of hydrogen-bond acceptors (Lipinski definition) is 3. The lowest BCUT2D eigenvalue weighted by atomic mass is 9.60. The second-order valence-corrected chi connectivity index (χ2v) is 10.9. The number of allylic oxidation sites excluding steroid dienone is 1. The van der Waals surface area contributed by atoms with Crippen LogP contribution in [0.1, 0.15) is 77.0 Å². The molecule has 0 amide bonds. The number of halogens is 1. The second kappa shape index (κ2) is 12.0. The molecule has 4 unspecified atom stereocenters. The van der Waals surface area contributed by atoms with Crippen molar-refractivity contribution in [2.24, 2.45) is 35.5 Å². The van der Waals surface area contributed by atoms with Gasteiger partial charge in [0.25, 0.3) is 0 Å². The van der Waals surface area contributed by atoms with Crippen molar-refractivity contribution < 1.29 is 18.7 Å². The van der Waals surface area contributed by atoms with Crippen LogP contribution in [0.3, 0.4) is 0 Å². The van der Waals surface area contributed by atoms with Gasteiger partial charge >= 0.3 is 5.97 Å². The van der Waals surface area contributed by atoms with Gasteiger partial charge in [-0.3, -0.25) is 4.79 Å². The molecule has 0 heterocycles. The van der Waals surface area contributed by atoms with Gasteiger partial charge in [0.2, 0.25) is 0 Å². The highest BCUT2D eigenvalue weighted by Gasteiger charge is 2.39. The number of fused-ring (bicyclic) bond motifs is 1. The van der Waals surface area contributed by atoms with Crippen LogP contribution in [0.2, 0.25) is 0 Å². The molecule has 0 spiro atoms. The predicted molar refractivity (Wildman–Crippen MR) is 134 cm³/mol. The Morgan fingerprint density at radius 3 is 2.29 bits per heavy atom. The fourth-order valence-electron chi connectivity index (χ4n) is 6.89. The van der Waals surface area contributed by atoms with Gasteiger partial charge in [-0.15, -0.1) is 6.58 Å². The van der Waals surface area contributed by atoms with E-state index in [1.54, 1.807) is 12.1 Å². The van der Waals surface area contributed by atoms with E-state index in [4.69, 9.17) is 9.47 Å². The lowest BCUT2D eigenvalue weighted by Gasteiger charge is -2.45. The molecule has 3 nitrogen and oxygen atoms in total. The van der Waals surface area contributed by atoms with Crippen molar-refractivity contribution in [3.63, 3.8) is 0 Å². The van der Waals surface area contributed by atoms with Crippen LogP contribution in [0.15, 0.2) is 43.5 Å². The molecular weight excluding hydrogens is 427 g/mol. The Labute approximate surface area is 204 Å². The Hall–Kier alpha value is -2.10. The summed E-state index contributed by atoms with van der Waals surface area (Å²) in [5.41, 5.74) is 0. The highest BCUT2D eigenvalue weighted by molar-refractivity contribution is 5.75. The molecule has 0 aliphatic heterocycles. The minimum Gasteiger partial charge on any atom is -0.489 e. The Balaban J connectivity index is 1.22. The first kappa shape index (κ1) is 25.0. The van der Waals surface area contributed by atoms with Crippen molar-refractivity contribution in [3.8, 4) is 11.5 Å². The minimum atomic E-state index is -0.570. The summed E-state index contributed by atoms with van der Waals surface area (Å²) in [6.45, 7) is 7.77. The topological polar surface area (TPSA) is 35.5 Å². The van der Waals surface area contributed by atoms with Gasteiger partial charge < -0.3 is 9.47 Å². The maximum Gasteiger partial charge on any atom is 0.314 e. The summed E-state index contributed by atoms with van der Waals surface area (Å²) in [4.78, 5) is 12.7. The van der Waals surface area contributed by atoms with Gasteiger partial charge in [0.15, 0.2) is 11.6 Å². The molecule has 186 valence electrons. The Kier molecular flexibility index (Phi) is 8.86. The van der Waals surface area contributed by atoms with E-state index in [2.05, 4.69) is 19.2 Å². The van der Waals surface area contributed by atoms with Crippen molar-refractivity contribution in [2.45, 2.75) is 77.0 Å². The summed E-state index contributed by atoms with van der Waals surface area (Å²) in [7, 11) is 0. The van der Waals surface area contributed by atoms with Crippen molar-refractivity contribution in [3.05, 3.63) is 49.3 Å². The number of rotatable bonds is 9. The van der Waals surface area contributed by atoms with Crippen LogP contribution in [0.25, 0.3) is 0 Å². The molecule has 3 aliphatic carbocycles. The van der Waals surface area contributed by atoms with Gasteiger partial charge in [0, 0.05) is 6.07 Å². The minimum absolute atomic E-state index is 0.0138. The van der Waals surface area contributed by atoms with E-state index in [1.165, 1.54) is 63.5 Å². The van der Waals surface area contributed by atoms with Crippen molar-refractivity contribution >= 4 is 5.97 Å². The third-order valence-electron chi connectivity index (χ3n) is 8.79. The van der Waals surface area contributed by atoms with E-state index in [-0.39, 0.29) is 17.6 Å². The maximum absolute atomic E-state index is 14.3. The number of esters is 1. The largest absolute Gasteiger partial charge is 0.489 e. The molecule has 1 aromatic carbocycles.